The quantitative estimate of drug-likeness (QED) is 0.869. The first kappa shape index (κ1) is 17.7. The zero-order valence-corrected chi connectivity index (χ0v) is 14.3. The highest BCUT2D eigenvalue weighted by molar-refractivity contribution is 7.90. The van der Waals surface area contributed by atoms with Crippen molar-refractivity contribution in [1.29, 1.82) is 0 Å². The lowest BCUT2D eigenvalue weighted by Gasteiger charge is -2.32. The molecule has 2 heterocycles. The number of aromatic nitrogens is 1. The van der Waals surface area contributed by atoms with E-state index in [1.807, 2.05) is 0 Å². The van der Waals surface area contributed by atoms with Gasteiger partial charge in [0.15, 0.2) is 9.84 Å². The molecule has 2 rings (SSSR count). The van der Waals surface area contributed by atoms with Crippen LogP contribution < -0.4 is 5.32 Å². The molecule has 8 heteroatoms. The molecule has 0 radical (unpaired) electrons. The molecule has 2 amide bonds. The van der Waals surface area contributed by atoms with E-state index in [-0.39, 0.29) is 23.6 Å². The molecule has 0 bridgehead atoms. The fraction of sp³-hybridized carbons (Fsp3) is 0.600. The third-order valence-corrected chi connectivity index (χ3v) is 4.86. The molecule has 23 heavy (non-hydrogen) atoms. The second-order valence-corrected chi connectivity index (χ2v) is 7.59. The van der Waals surface area contributed by atoms with Crippen LogP contribution in [0.15, 0.2) is 23.2 Å². The summed E-state index contributed by atoms with van der Waals surface area (Å²) in [4.78, 5) is 18.2. The molecule has 1 saturated heterocycles. The van der Waals surface area contributed by atoms with E-state index in [4.69, 9.17) is 4.74 Å². The average Bonchev–Trinajstić information content (AvgIpc) is 2.52. The van der Waals surface area contributed by atoms with E-state index in [9.17, 15) is 13.2 Å². The van der Waals surface area contributed by atoms with Gasteiger partial charge < -0.3 is 15.0 Å². The van der Waals surface area contributed by atoms with Crippen LogP contribution >= 0.6 is 0 Å². The molecule has 0 saturated carbocycles. The fourth-order valence-corrected chi connectivity index (χ4v) is 3.44. The monoisotopic (exact) mass is 341 g/mol. The minimum Gasteiger partial charge on any atom is -0.375 e. The highest BCUT2D eigenvalue weighted by Crippen LogP contribution is 2.13. The molecule has 1 N–H and O–H groups in total. The van der Waals surface area contributed by atoms with Crippen molar-refractivity contribution < 1.29 is 17.9 Å². The summed E-state index contributed by atoms with van der Waals surface area (Å²) in [7, 11) is -3.37. The van der Waals surface area contributed by atoms with Crippen LogP contribution in [0.2, 0.25) is 0 Å². The lowest BCUT2D eigenvalue weighted by Crippen LogP contribution is -2.49. The summed E-state index contributed by atoms with van der Waals surface area (Å²) in [6, 6.07) is 2.84. The van der Waals surface area contributed by atoms with E-state index in [0.29, 0.717) is 25.4 Å². The van der Waals surface area contributed by atoms with Crippen molar-refractivity contribution in [2.24, 2.45) is 0 Å². The van der Waals surface area contributed by atoms with Gasteiger partial charge >= 0.3 is 6.03 Å². The summed E-state index contributed by atoms with van der Waals surface area (Å²) in [5.74, 6) is 0. The lowest BCUT2D eigenvalue weighted by atomic mass is 10.2. The predicted octanol–water partition coefficient (Wildman–Crippen LogP) is 1.20. The van der Waals surface area contributed by atoms with Gasteiger partial charge in [-0.05, 0) is 18.6 Å². The number of pyridine rings is 1. The number of rotatable bonds is 5. The number of hydrogen-bond donors (Lipinski definition) is 1. The maximum atomic E-state index is 12.3. The Labute approximate surface area is 137 Å². The van der Waals surface area contributed by atoms with Crippen LogP contribution in [-0.2, 0) is 21.1 Å². The second kappa shape index (κ2) is 7.74. The van der Waals surface area contributed by atoms with Gasteiger partial charge in [0.05, 0.1) is 29.8 Å². The van der Waals surface area contributed by atoms with Crippen LogP contribution in [0.1, 0.15) is 25.5 Å². The predicted molar refractivity (Wildman–Crippen MR) is 85.8 cm³/mol. The summed E-state index contributed by atoms with van der Waals surface area (Å²) in [6.07, 6.45) is 4.64. The van der Waals surface area contributed by atoms with Crippen molar-refractivity contribution in [2.75, 3.05) is 26.0 Å². The molecule has 1 aromatic rings. The molecule has 1 fully saturated rings. The molecular formula is C15H23N3O4S. The molecule has 1 aliphatic heterocycles. The van der Waals surface area contributed by atoms with Crippen LogP contribution in [0.3, 0.4) is 0 Å². The Morgan fingerprint density at radius 1 is 1.52 bits per heavy atom. The topological polar surface area (TPSA) is 88.6 Å². The van der Waals surface area contributed by atoms with Gasteiger partial charge in [0.1, 0.15) is 0 Å². The number of nitrogens with one attached hydrogen (secondary N) is 1. The van der Waals surface area contributed by atoms with E-state index in [2.05, 4.69) is 17.2 Å². The number of amides is 2. The highest BCUT2D eigenvalue weighted by Gasteiger charge is 2.24. The Morgan fingerprint density at radius 3 is 3.00 bits per heavy atom. The number of ether oxygens (including phenoxy) is 1. The summed E-state index contributed by atoms with van der Waals surface area (Å²) in [5, 5.41) is 2.75. The summed E-state index contributed by atoms with van der Waals surface area (Å²) in [5.41, 5.74) is 0.349. The molecular weight excluding hydrogens is 318 g/mol. The third kappa shape index (κ3) is 4.90. The van der Waals surface area contributed by atoms with Gasteiger partial charge in [0.2, 0.25) is 0 Å². The lowest BCUT2D eigenvalue weighted by molar-refractivity contribution is -0.0181. The van der Waals surface area contributed by atoms with Crippen LogP contribution in [-0.4, -0.2) is 56.4 Å². The first-order chi connectivity index (χ1) is 10.9. The summed E-state index contributed by atoms with van der Waals surface area (Å²) < 4.78 is 29.1. The Bertz CT molecular complexity index is 646. The Balaban J connectivity index is 1.97. The minimum atomic E-state index is -3.37. The van der Waals surface area contributed by atoms with E-state index in [1.54, 1.807) is 11.0 Å². The zero-order chi connectivity index (χ0) is 16.9. The van der Waals surface area contributed by atoms with Crippen molar-refractivity contribution >= 4 is 15.9 Å². The number of carbonyl (C=O) groups is 1. The van der Waals surface area contributed by atoms with Crippen LogP contribution in [0, 0.1) is 0 Å². The zero-order valence-electron chi connectivity index (χ0n) is 13.5. The molecule has 1 unspecified atom stereocenters. The Morgan fingerprint density at radius 2 is 2.30 bits per heavy atom. The van der Waals surface area contributed by atoms with E-state index in [1.165, 1.54) is 12.3 Å². The normalized spacial score (nSPS) is 18.7. The largest absolute Gasteiger partial charge is 0.375 e. The summed E-state index contributed by atoms with van der Waals surface area (Å²) in [6.45, 7) is 3.78. The Kier molecular flexibility index (Phi) is 5.95. The van der Waals surface area contributed by atoms with Gasteiger partial charge in [-0.15, -0.1) is 0 Å². The number of hydrogen-bond acceptors (Lipinski definition) is 5. The molecule has 0 aliphatic carbocycles. The maximum absolute atomic E-state index is 12.3. The van der Waals surface area contributed by atoms with Crippen molar-refractivity contribution in [1.82, 2.24) is 15.2 Å². The molecule has 0 spiro atoms. The smallest absolute Gasteiger partial charge is 0.317 e. The second-order valence-electron chi connectivity index (χ2n) is 5.61. The number of urea groups is 1. The van der Waals surface area contributed by atoms with Crippen molar-refractivity contribution in [2.45, 2.75) is 37.3 Å². The van der Waals surface area contributed by atoms with Gasteiger partial charge in [-0.2, -0.15) is 0 Å². The molecule has 0 aromatic carbocycles. The molecule has 1 aliphatic rings. The summed E-state index contributed by atoms with van der Waals surface area (Å²) >= 11 is 0. The number of morpholine rings is 1. The van der Waals surface area contributed by atoms with Crippen molar-refractivity contribution in [3.8, 4) is 0 Å². The van der Waals surface area contributed by atoms with Crippen LogP contribution in [0.5, 0.6) is 0 Å². The van der Waals surface area contributed by atoms with E-state index >= 15 is 0 Å². The molecule has 128 valence electrons. The van der Waals surface area contributed by atoms with Gasteiger partial charge in [0, 0.05) is 25.5 Å². The van der Waals surface area contributed by atoms with Gasteiger partial charge in [-0.25, -0.2) is 13.2 Å². The molecule has 1 atom stereocenters. The average molecular weight is 341 g/mol. The van der Waals surface area contributed by atoms with E-state index < -0.39 is 9.84 Å². The highest BCUT2D eigenvalue weighted by atomic mass is 32.2. The molecule has 7 nitrogen and oxygen atoms in total. The van der Waals surface area contributed by atoms with E-state index in [0.717, 1.165) is 19.1 Å². The number of sulfone groups is 1. The fourth-order valence-electron chi connectivity index (χ4n) is 2.57. The third-order valence-electron chi connectivity index (χ3n) is 3.69. The standard InChI is InChI=1S/C15H23N3O4S/c1-3-5-12-11-18(8-9-22-12)15(19)17-10-13-14(23(2,20)21)6-4-7-16-13/h4,6-7,12H,3,5,8-11H2,1-2H3,(H,17,19). The van der Waals surface area contributed by atoms with Gasteiger partial charge in [-0.3, -0.25) is 4.98 Å². The Hall–Kier alpha value is -1.67. The van der Waals surface area contributed by atoms with Crippen molar-refractivity contribution in [3.63, 3.8) is 0 Å². The first-order valence-electron chi connectivity index (χ1n) is 7.70. The van der Waals surface area contributed by atoms with Crippen molar-refractivity contribution in [3.05, 3.63) is 24.0 Å². The van der Waals surface area contributed by atoms with Gasteiger partial charge in [-0.1, -0.05) is 13.3 Å². The molecule has 1 aromatic heterocycles. The minimum absolute atomic E-state index is 0.0703. The van der Waals surface area contributed by atoms with Crippen LogP contribution in [0.25, 0.3) is 0 Å². The SMILES string of the molecule is CCCC1CN(C(=O)NCc2ncccc2S(C)(=O)=O)CCO1. The maximum Gasteiger partial charge on any atom is 0.317 e. The number of nitrogens with zero attached hydrogens (tertiary/aromatic N) is 2. The number of carbonyl (C=O) groups excluding carboxylic acids is 1. The first-order valence-corrected chi connectivity index (χ1v) is 9.59. The van der Waals surface area contributed by atoms with Crippen LogP contribution in [0.4, 0.5) is 4.79 Å². The van der Waals surface area contributed by atoms with Gasteiger partial charge in [0.25, 0.3) is 0 Å².